The highest BCUT2D eigenvalue weighted by molar-refractivity contribution is 5.32. The Labute approximate surface area is 117 Å². The Morgan fingerprint density at radius 1 is 1.05 bits per heavy atom. The smallest absolute Gasteiger partial charge is 0.0823 e. The van der Waals surface area contributed by atoms with Gasteiger partial charge in [-0.2, -0.15) is 0 Å². The number of fused-ring (bicyclic) bond motifs is 1. The van der Waals surface area contributed by atoms with Gasteiger partial charge >= 0.3 is 0 Å². The van der Waals surface area contributed by atoms with Crippen molar-refractivity contribution in [1.29, 1.82) is 0 Å². The molecule has 1 aromatic rings. The third kappa shape index (κ3) is 2.45. The van der Waals surface area contributed by atoms with Gasteiger partial charge in [-0.3, -0.25) is 0 Å². The highest BCUT2D eigenvalue weighted by Gasteiger charge is 2.37. The van der Waals surface area contributed by atoms with Crippen molar-refractivity contribution in [1.82, 2.24) is 0 Å². The van der Waals surface area contributed by atoms with E-state index in [0.717, 1.165) is 18.3 Å². The van der Waals surface area contributed by atoms with Crippen LogP contribution >= 0.6 is 0 Å². The lowest BCUT2D eigenvalue weighted by atomic mass is 9.65. The van der Waals surface area contributed by atoms with Gasteiger partial charge in [0.2, 0.25) is 0 Å². The predicted octanol–water partition coefficient (Wildman–Crippen LogP) is 4.50. The lowest BCUT2D eigenvalue weighted by Crippen LogP contribution is -2.33. The Morgan fingerprint density at radius 3 is 2.68 bits per heavy atom. The first-order valence-corrected chi connectivity index (χ1v) is 8.07. The summed E-state index contributed by atoms with van der Waals surface area (Å²) >= 11 is 0. The number of rotatable bonds is 2. The lowest BCUT2D eigenvalue weighted by Gasteiger charge is -2.41. The molecule has 3 rings (SSSR count). The van der Waals surface area contributed by atoms with Gasteiger partial charge in [0.25, 0.3) is 0 Å². The van der Waals surface area contributed by atoms with Crippen LogP contribution in [-0.4, -0.2) is 5.11 Å². The number of hydrogen-bond donors (Lipinski definition) is 1. The zero-order chi connectivity index (χ0) is 13.2. The first kappa shape index (κ1) is 13.2. The molecule has 0 radical (unpaired) electrons. The van der Waals surface area contributed by atoms with E-state index >= 15 is 0 Å². The molecule has 2 aliphatic carbocycles. The average molecular weight is 258 g/mol. The van der Waals surface area contributed by atoms with Crippen molar-refractivity contribution in [2.24, 2.45) is 17.8 Å². The van der Waals surface area contributed by atoms with Crippen LogP contribution in [0.1, 0.15) is 62.7 Å². The maximum Gasteiger partial charge on any atom is 0.0823 e. The van der Waals surface area contributed by atoms with E-state index in [1.165, 1.54) is 49.7 Å². The third-order valence-corrected chi connectivity index (χ3v) is 5.57. The Morgan fingerprint density at radius 2 is 1.84 bits per heavy atom. The molecule has 1 heteroatoms. The molecule has 0 amide bonds. The van der Waals surface area contributed by atoms with Gasteiger partial charge in [-0.25, -0.2) is 0 Å². The second-order valence-electron chi connectivity index (χ2n) is 6.46. The standard InChI is InChI=1S/C18H26O/c1-2-13-7-3-5-9-15(13)17-12-11-14-8-4-6-10-16(14)18(17)19/h4,6,8,10,13,15,17-19H,2-3,5,7,9,11-12H2,1H3. The zero-order valence-corrected chi connectivity index (χ0v) is 12.0. The van der Waals surface area contributed by atoms with Crippen LogP contribution in [0.4, 0.5) is 0 Å². The summed E-state index contributed by atoms with van der Waals surface area (Å²) in [6, 6.07) is 8.49. The number of aryl methyl sites for hydroxylation is 1. The molecular formula is C18H26O. The summed E-state index contributed by atoms with van der Waals surface area (Å²) in [6.45, 7) is 2.33. The Kier molecular flexibility index (Phi) is 3.93. The largest absolute Gasteiger partial charge is 0.388 e. The summed E-state index contributed by atoms with van der Waals surface area (Å²) in [5.41, 5.74) is 2.58. The van der Waals surface area contributed by atoms with Gasteiger partial charge in [-0.05, 0) is 48.1 Å². The minimum atomic E-state index is -0.220. The van der Waals surface area contributed by atoms with Crippen molar-refractivity contribution in [3.63, 3.8) is 0 Å². The van der Waals surface area contributed by atoms with Crippen LogP contribution in [0.2, 0.25) is 0 Å². The van der Waals surface area contributed by atoms with E-state index in [9.17, 15) is 5.11 Å². The van der Waals surface area contributed by atoms with Crippen LogP contribution in [0.3, 0.4) is 0 Å². The molecule has 2 aliphatic rings. The van der Waals surface area contributed by atoms with E-state index in [1.807, 2.05) is 0 Å². The first-order valence-electron chi connectivity index (χ1n) is 8.07. The van der Waals surface area contributed by atoms with Crippen LogP contribution in [0, 0.1) is 17.8 Å². The second kappa shape index (κ2) is 5.66. The fraction of sp³-hybridized carbons (Fsp3) is 0.667. The molecule has 1 aromatic carbocycles. The van der Waals surface area contributed by atoms with Gasteiger partial charge < -0.3 is 5.11 Å². The molecule has 0 aromatic heterocycles. The summed E-state index contributed by atoms with van der Waals surface area (Å²) in [6.07, 6.45) is 8.89. The van der Waals surface area contributed by atoms with Gasteiger partial charge in [0.1, 0.15) is 0 Å². The minimum Gasteiger partial charge on any atom is -0.388 e. The van der Waals surface area contributed by atoms with Gasteiger partial charge in [-0.15, -0.1) is 0 Å². The quantitative estimate of drug-likeness (QED) is 0.828. The third-order valence-electron chi connectivity index (χ3n) is 5.57. The number of hydrogen-bond acceptors (Lipinski definition) is 1. The fourth-order valence-electron chi connectivity index (χ4n) is 4.52. The molecule has 1 N–H and O–H groups in total. The maximum absolute atomic E-state index is 10.8. The van der Waals surface area contributed by atoms with E-state index in [4.69, 9.17) is 0 Å². The van der Waals surface area contributed by atoms with E-state index in [2.05, 4.69) is 31.2 Å². The van der Waals surface area contributed by atoms with Crippen molar-refractivity contribution in [3.05, 3.63) is 35.4 Å². The van der Waals surface area contributed by atoms with Crippen molar-refractivity contribution in [3.8, 4) is 0 Å². The van der Waals surface area contributed by atoms with Crippen LogP contribution in [0.15, 0.2) is 24.3 Å². The van der Waals surface area contributed by atoms with Crippen LogP contribution in [0.5, 0.6) is 0 Å². The topological polar surface area (TPSA) is 20.2 Å². The van der Waals surface area contributed by atoms with Crippen molar-refractivity contribution in [2.75, 3.05) is 0 Å². The Hall–Kier alpha value is -0.820. The molecule has 0 aliphatic heterocycles. The van der Waals surface area contributed by atoms with Crippen molar-refractivity contribution >= 4 is 0 Å². The van der Waals surface area contributed by atoms with Gasteiger partial charge in [0.15, 0.2) is 0 Å². The minimum absolute atomic E-state index is 0.220. The highest BCUT2D eigenvalue weighted by atomic mass is 16.3. The van der Waals surface area contributed by atoms with Crippen LogP contribution in [-0.2, 0) is 6.42 Å². The van der Waals surface area contributed by atoms with Crippen LogP contribution in [0.25, 0.3) is 0 Å². The van der Waals surface area contributed by atoms with E-state index in [-0.39, 0.29) is 6.10 Å². The second-order valence-corrected chi connectivity index (χ2v) is 6.46. The summed E-state index contributed by atoms with van der Waals surface area (Å²) in [5.74, 6) is 2.10. The molecule has 1 fully saturated rings. The molecular weight excluding hydrogens is 232 g/mol. The normalized spacial score (nSPS) is 34.8. The summed E-state index contributed by atoms with van der Waals surface area (Å²) in [4.78, 5) is 0. The molecule has 1 nitrogen and oxygen atoms in total. The lowest BCUT2D eigenvalue weighted by molar-refractivity contribution is 0.0192. The van der Waals surface area contributed by atoms with E-state index < -0.39 is 0 Å². The Bertz CT molecular complexity index is 425. The molecule has 0 bridgehead atoms. The fourth-order valence-corrected chi connectivity index (χ4v) is 4.52. The van der Waals surface area contributed by atoms with Crippen molar-refractivity contribution in [2.45, 2.75) is 58.0 Å². The number of aliphatic hydroxyl groups excluding tert-OH is 1. The first-order chi connectivity index (χ1) is 9.31. The zero-order valence-electron chi connectivity index (χ0n) is 12.0. The maximum atomic E-state index is 10.8. The molecule has 4 unspecified atom stereocenters. The molecule has 104 valence electrons. The predicted molar refractivity (Wildman–Crippen MR) is 79.0 cm³/mol. The monoisotopic (exact) mass is 258 g/mol. The number of benzene rings is 1. The summed E-state index contributed by atoms with van der Waals surface area (Å²) in [7, 11) is 0. The van der Waals surface area contributed by atoms with E-state index in [0.29, 0.717) is 5.92 Å². The SMILES string of the molecule is CCC1CCCCC1C1CCc2ccccc2C1O. The van der Waals surface area contributed by atoms with Crippen molar-refractivity contribution < 1.29 is 5.11 Å². The highest BCUT2D eigenvalue weighted by Crippen LogP contribution is 2.46. The Balaban J connectivity index is 1.82. The van der Waals surface area contributed by atoms with E-state index in [1.54, 1.807) is 0 Å². The average Bonchev–Trinajstić information content (AvgIpc) is 2.48. The molecule has 4 atom stereocenters. The summed E-state index contributed by atoms with van der Waals surface area (Å²) in [5, 5.41) is 10.8. The van der Waals surface area contributed by atoms with Crippen LogP contribution < -0.4 is 0 Å². The van der Waals surface area contributed by atoms with Gasteiger partial charge in [0.05, 0.1) is 6.10 Å². The van der Waals surface area contributed by atoms with Gasteiger partial charge in [0, 0.05) is 0 Å². The molecule has 1 saturated carbocycles. The summed E-state index contributed by atoms with van der Waals surface area (Å²) < 4.78 is 0. The molecule has 0 spiro atoms. The van der Waals surface area contributed by atoms with Gasteiger partial charge in [-0.1, -0.05) is 56.9 Å². The molecule has 0 heterocycles. The molecule has 0 saturated heterocycles. The number of aliphatic hydroxyl groups is 1. The molecule has 19 heavy (non-hydrogen) atoms.